The number of carbonyl (C=O) groups is 3. The largest absolute Gasteiger partial charge is 0.466 e. The zero-order chi connectivity index (χ0) is 22.4. The first-order valence-electron chi connectivity index (χ1n) is 8.53. The van der Waals surface area contributed by atoms with Crippen LogP contribution in [0.25, 0.3) is 0 Å². The summed E-state index contributed by atoms with van der Waals surface area (Å²) in [5.74, 6) is -1.47. The summed E-state index contributed by atoms with van der Waals surface area (Å²) in [5.41, 5.74) is 0.776. The number of ether oxygens (including phenoxy) is 2. The molecule has 8 nitrogen and oxygen atoms in total. The molecule has 1 N–H and O–H groups in total. The lowest BCUT2D eigenvalue weighted by Crippen LogP contribution is -2.19. The number of amidine groups is 1. The third kappa shape index (κ3) is 6.17. The minimum absolute atomic E-state index is 0.149. The van der Waals surface area contributed by atoms with Crippen LogP contribution in [0.4, 0.5) is 0 Å². The lowest BCUT2D eigenvalue weighted by molar-refractivity contribution is -0.135. The van der Waals surface area contributed by atoms with E-state index in [1.54, 1.807) is 24.3 Å². The summed E-state index contributed by atoms with van der Waals surface area (Å²) in [6.07, 6.45) is 2.48. The quantitative estimate of drug-likeness (QED) is 0.230. The first kappa shape index (κ1) is 22.5. The van der Waals surface area contributed by atoms with Gasteiger partial charge in [-0.1, -0.05) is 35.3 Å². The van der Waals surface area contributed by atoms with Crippen molar-refractivity contribution in [2.45, 2.75) is 0 Å². The Bertz CT molecular complexity index is 1150. The summed E-state index contributed by atoms with van der Waals surface area (Å²) >= 11 is 12.8. The molecule has 0 saturated carbocycles. The number of methoxy groups -OCH3 is 1. The van der Waals surface area contributed by atoms with E-state index in [2.05, 4.69) is 20.3 Å². The Morgan fingerprint density at radius 1 is 1.16 bits per heavy atom. The number of esters is 2. The van der Waals surface area contributed by atoms with Crippen molar-refractivity contribution < 1.29 is 23.9 Å². The van der Waals surface area contributed by atoms with Crippen molar-refractivity contribution in [2.75, 3.05) is 7.11 Å². The predicted molar refractivity (Wildman–Crippen MR) is 119 cm³/mol. The van der Waals surface area contributed by atoms with Gasteiger partial charge in [-0.3, -0.25) is 10.1 Å². The van der Waals surface area contributed by atoms with Crippen molar-refractivity contribution in [1.29, 1.82) is 0 Å². The Morgan fingerprint density at radius 2 is 1.97 bits per heavy atom. The number of rotatable bonds is 5. The summed E-state index contributed by atoms with van der Waals surface area (Å²) in [5, 5.41) is 11.1. The molecule has 2 aromatic rings. The molecule has 0 atom stereocenters. The van der Waals surface area contributed by atoms with Crippen molar-refractivity contribution in [3.63, 3.8) is 0 Å². The van der Waals surface area contributed by atoms with Gasteiger partial charge in [-0.25, -0.2) is 9.59 Å². The minimum Gasteiger partial charge on any atom is -0.466 e. The minimum atomic E-state index is -0.645. The van der Waals surface area contributed by atoms with Crippen LogP contribution < -0.4 is 10.1 Å². The standard InChI is InChI=1S/C20H13Cl2N3O5S/c1-29-17(26)9-16-18(27)24-20(31-16)25-23-10-11-3-2-4-13(7-11)30-19(28)14-6-5-12(21)8-15(14)22/h2-10H,1H3,(H,24,25,27)/b16-9+,23-10?. The molecule has 0 spiro atoms. The van der Waals surface area contributed by atoms with Crippen molar-refractivity contribution in [3.05, 3.63) is 74.6 Å². The molecular weight excluding hydrogens is 465 g/mol. The second kappa shape index (κ2) is 10.3. The van der Waals surface area contributed by atoms with E-state index in [9.17, 15) is 14.4 Å². The van der Waals surface area contributed by atoms with Gasteiger partial charge in [-0.2, -0.15) is 5.10 Å². The smallest absolute Gasteiger partial charge is 0.345 e. The van der Waals surface area contributed by atoms with E-state index >= 15 is 0 Å². The highest BCUT2D eigenvalue weighted by atomic mass is 35.5. The first-order chi connectivity index (χ1) is 14.9. The second-order valence-corrected chi connectivity index (χ2v) is 7.70. The Morgan fingerprint density at radius 3 is 2.71 bits per heavy atom. The number of halogens is 2. The number of thioether (sulfide) groups is 1. The summed E-state index contributed by atoms with van der Waals surface area (Å²) < 4.78 is 9.83. The number of nitrogens with zero attached hydrogens (tertiary/aromatic N) is 2. The summed E-state index contributed by atoms with van der Waals surface area (Å²) in [6, 6.07) is 11.0. The third-order valence-corrected chi connectivity index (χ3v) is 5.12. The molecule has 158 valence electrons. The van der Waals surface area contributed by atoms with Gasteiger partial charge in [0, 0.05) is 11.1 Å². The van der Waals surface area contributed by atoms with E-state index < -0.39 is 17.8 Å². The van der Waals surface area contributed by atoms with E-state index in [4.69, 9.17) is 27.9 Å². The average molecular weight is 478 g/mol. The zero-order valence-corrected chi connectivity index (χ0v) is 18.1. The van der Waals surface area contributed by atoms with Gasteiger partial charge in [-0.15, -0.1) is 5.10 Å². The van der Waals surface area contributed by atoms with Gasteiger partial charge in [0.25, 0.3) is 5.91 Å². The van der Waals surface area contributed by atoms with Gasteiger partial charge >= 0.3 is 11.9 Å². The zero-order valence-electron chi connectivity index (χ0n) is 15.8. The van der Waals surface area contributed by atoms with Crippen LogP contribution in [-0.4, -0.2) is 36.3 Å². The fourth-order valence-corrected chi connectivity index (χ4v) is 3.49. The van der Waals surface area contributed by atoms with Crippen LogP contribution in [0.15, 0.2) is 63.6 Å². The molecule has 11 heteroatoms. The van der Waals surface area contributed by atoms with Crippen molar-refractivity contribution in [1.82, 2.24) is 5.32 Å². The monoisotopic (exact) mass is 477 g/mol. The van der Waals surface area contributed by atoms with Gasteiger partial charge in [-0.05, 0) is 47.7 Å². The van der Waals surface area contributed by atoms with Crippen LogP contribution in [0.2, 0.25) is 10.0 Å². The molecule has 0 bridgehead atoms. The summed E-state index contributed by atoms with van der Waals surface area (Å²) in [6.45, 7) is 0. The lowest BCUT2D eigenvalue weighted by atomic mass is 10.2. The van der Waals surface area contributed by atoms with Gasteiger partial charge in [0.2, 0.25) is 0 Å². The van der Waals surface area contributed by atoms with E-state index in [-0.39, 0.29) is 26.4 Å². The van der Waals surface area contributed by atoms with Crippen LogP contribution in [-0.2, 0) is 14.3 Å². The second-order valence-electron chi connectivity index (χ2n) is 5.82. The van der Waals surface area contributed by atoms with Crippen LogP contribution >= 0.6 is 35.0 Å². The van der Waals surface area contributed by atoms with Crippen LogP contribution in [0.1, 0.15) is 15.9 Å². The highest BCUT2D eigenvalue weighted by Crippen LogP contribution is 2.24. The number of nitrogens with one attached hydrogen (secondary N) is 1. The molecule has 1 heterocycles. The Hall–Kier alpha value is -3.14. The average Bonchev–Trinajstić information content (AvgIpc) is 3.07. The molecule has 2 aromatic carbocycles. The van der Waals surface area contributed by atoms with E-state index in [1.165, 1.54) is 31.5 Å². The molecule has 1 aliphatic rings. The molecule has 0 radical (unpaired) electrons. The van der Waals surface area contributed by atoms with E-state index in [0.717, 1.165) is 17.8 Å². The maximum atomic E-state index is 12.3. The first-order valence-corrected chi connectivity index (χ1v) is 10.1. The molecule has 0 aromatic heterocycles. The van der Waals surface area contributed by atoms with Gasteiger partial charge in [0.1, 0.15) is 5.75 Å². The van der Waals surface area contributed by atoms with Crippen LogP contribution in [0.5, 0.6) is 5.75 Å². The van der Waals surface area contributed by atoms with Crippen molar-refractivity contribution >= 4 is 64.2 Å². The Labute approximate surface area is 190 Å². The third-order valence-electron chi connectivity index (χ3n) is 3.68. The van der Waals surface area contributed by atoms with Gasteiger partial charge < -0.3 is 9.47 Å². The highest BCUT2D eigenvalue weighted by Gasteiger charge is 2.25. The van der Waals surface area contributed by atoms with E-state index in [1.807, 2.05) is 0 Å². The molecule has 0 aliphatic carbocycles. The molecule has 31 heavy (non-hydrogen) atoms. The fraction of sp³-hybridized carbons (Fsp3) is 0.0500. The molecule has 3 rings (SSSR count). The predicted octanol–water partition coefficient (Wildman–Crippen LogP) is 3.82. The maximum absolute atomic E-state index is 12.3. The summed E-state index contributed by atoms with van der Waals surface area (Å²) in [4.78, 5) is 35.5. The van der Waals surface area contributed by atoms with Gasteiger partial charge in [0.15, 0.2) is 5.17 Å². The number of amides is 1. The van der Waals surface area contributed by atoms with Crippen LogP contribution in [0.3, 0.4) is 0 Å². The lowest BCUT2D eigenvalue weighted by Gasteiger charge is -2.06. The van der Waals surface area contributed by atoms with Crippen molar-refractivity contribution in [3.8, 4) is 5.75 Å². The molecule has 1 fully saturated rings. The van der Waals surface area contributed by atoms with Gasteiger partial charge in [0.05, 0.1) is 28.8 Å². The molecule has 1 amide bonds. The number of hydrogen-bond acceptors (Lipinski definition) is 8. The normalized spacial score (nSPS) is 16.0. The Kier molecular flexibility index (Phi) is 7.45. The SMILES string of the molecule is COC(=O)/C=C1/S/C(=N\N=Cc2cccc(OC(=O)c3ccc(Cl)cc3Cl)c2)NC1=O. The molecule has 0 unspecified atom stereocenters. The topological polar surface area (TPSA) is 106 Å². The number of benzene rings is 2. The number of carbonyl (C=O) groups excluding carboxylic acids is 3. The Balaban J connectivity index is 1.67. The highest BCUT2D eigenvalue weighted by molar-refractivity contribution is 8.18. The number of hydrogen-bond donors (Lipinski definition) is 1. The summed E-state index contributed by atoms with van der Waals surface area (Å²) in [7, 11) is 1.21. The molecular formula is C20H13Cl2N3O5S. The fourth-order valence-electron chi connectivity index (χ4n) is 2.26. The maximum Gasteiger partial charge on any atom is 0.345 e. The molecule has 1 saturated heterocycles. The van der Waals surface area contributed by atoms with E-state index in [0.29, 0.717) is 10.6 Å². The van der Waals surface area contributed by atoms with Crippen molar-refractivity contribution in [2.24, 2.45) is 10.2 Å². The van der Waals surface area contributed by atoms with Crippen LogP contribution in [0, 0.1) is 0 Å². The molecule has 1 aliphatic heterocycles.